The molecule has 5 rings (SSSR count). The highest BCUT2D eigenvalue weighted by atomic mass is 32.2. The molecule has 1 saturated carbocycles. The van der Waals surface area contributed by atoms with E-state index in [1.807, 2.05) is 18.0 Å². The molecule has 1 unspecified atom stereocenters. The monoisotopic (exact) mass is 445 g/mol. The summed E-state index contributed by atoms with van der Waals surface area (Å²) in [6.45, 7) is 1.87. The van der Waals surface area contributed by atoms with Crippen LogP contribution in [0.25, 0.3) is 17.2 Å². The third-order valence-corrected chi connectivity index (χ3v) is 7.16. The molecule has 10 heteroatoms. The molecule has 4 heterocycles. The molecule has 3 aromatic rings. The number of piperidine rings is 1. The minimum atomic E-state index is -2.65. The first-order chi connectivity index (χ1) is 15.2. The fourth-order valence-corrected chi connectivity index (χ4v) is 5.47. The fourth-order valence-electron chi connectivity index (χ4n) is 4.31. The van der Waals surface area contributed by atoms with Gasteiger partial charge in [-0.15, -0.1) is 0 Å². The number of anilines is 1. The number of nitrogens with one attached hydrogen (secondary N) is 1. The van der Waals surface area contributed by atoms with E-state index in [1.54, 1.807) is 16.8 Å². The van der Waals surface area contributed by atoms with Gasteiger partial charge in [-0.25, -0.2) is 28.7 Å². The van der Waals surface area contributed by atoms with Crippen molar-refractivity contribution in [3.05, 3.63) is 36.5 Å². The second kappa shape index (κ2) is 9.04. The number of imidazole rings is 1. The third-order valence-electron chi connectivity index (χ3n) is 5.97. The molecule has 2 fully saturated rings. The number of aromatic nitrogens is 5. The normalized spacial score (nSPS) is 20.2. The molecule has 0 amide bonds. The first kappa shape index (κ1) is 20.6. The van der Waals surface area contributed by atoms with Crippen LogP contribution in [-0.4, -0.2) is 48.7 Å². The zero-order valence-electron chi connectivity index (χ0n) is 17.1. The van der Waals surface area contributed by atoms with Crippen molar-refractivity contribution in [1.29, 1.82) is 0 Å². The summed E-state index contributed by atoms with van der Waals surface area (Å²) in [4.78, 5) is 19.5. The summed E-state index contributed by atoms with van der Waals surface area (Å²) in [7, 11) is 0. The Balaban J connectivity index is 1.34. The van der Waals surface area contributed by atoms with Crippen LogP contribution in [0.15, 0.2) is 30.9 Å². The standard InChI is InChI=1S/C21H25F2N7S/c22-20(23)16-13-30-17(10-26-19(30)11-25-16)21-24-8-7-18(27-21)29-9-3-6-15(12-29)31-28-14-4-1-2-5-14/h7-8,10-11,13-15,20,28H,1-6,9,12H2. The average molecular weight is 446 g/mol. The third kappa shape index (κ3) is 4.50. The predicted octanol–water partition coefficient (Wildman–Crippen LogP) is 4.27. The highest BCUT2D eigenvalue weighted by molar-refractivity contribution is 7.98. The number of rotatable bonds is 6. The van der Waals surface area contributed by atoms with Gasteiger partial charge in [0.25, 0.3) is 6.43 Å². The molecule has 1 N–H and O–H groups in total. The summed E-state index contributed by atoms with van der Waals surface area (Å²) in [6, 6.07) is 2.56. The molecule has 3 aromatic heterocycles. The molecule has 164 valence electrons. The maximum Gasteiger partial charge on any atom is 0.281 e. The van der Waals surface area contributed by atoms with Crippen molar-refractivity contribution < 1.29 is 8.78 Å². The van der Waals surface area contributed by atoms with E-state index in [2.05, 4.69) is 24.6 Å². The lowest BCUT2D eigenvalue weighted by atomic mass is 10.1. The van der Waals surface area contributed by atoms with E-state index in [9.17, 15) is 8.78 Å². The Morgan fingerprint density at radius 3 is 2.77 bits per heavy atom. The zero-order chi connectivity index (χ0) is 21.2. The van der Waals surface area contributed by atoms with E-state index in [0.717, 1.165) is 25.3 Å². The lowest BCUT2D eigenvalue weighted by Crippen LogP contribution is -2.39. The van der Waals surface area contributed by atoms with Crippen LogP contribution in [-0.2, 0) is 0 Å². The van der Waals surface area contributed by atoms with Crippen molar-refractivity contribution in [2.75, 3.05) is 18.0 Å². The Hall–Kier alpha value is -2.33. The van der Waals surface area contributed by atoms with Crippen molar-refractivity contribution in [2.45, 2.75) is 56.2 Å². The Morgan fingerprint density at radius 2 is 1.94 bits per heavy atom. The number of hydrogen-bond acceptors (Lipinski definition) is 7. The minimum absolute atomic E-state index is 0.298. The second-order valence-corrected chi connectivity index (χ2v) is 9.29. The van der Waals surface area contributed by atoms with Gasteiger partial charge in [0.05, 0.1) is 12.4 Å². The molecule has 1 aliphatic heterocycles. The van der Waals surface area contributed by atoms with E-state index < -0.39 is 6.43 Å². The van der Waals surface area contributed by atoms with Crippen LogP contribution in [0.2, 0.25) is 0 Å². The molecule has 1 saturated heterocycles. The zero-order valence-corrected chi connectivity index (χ0v) is 17.9. The highest BCUT2D eigenvalue weighted by Crippen LogP contribution is 2.28. The minimum Gasteiger partial charge on any atom is -0.355 e. The predicted molar refractivity (Wildman–Crippen MR) is 117 cm³/mol. The molecular formula is C21H25F2N7S. The second-order valence-electron chi connectivity index (χ2n) is 8.15. The SMILES string of the molecule is FC(F)c1cn2c(-c3nccc(N4CCCC(SNC5CCCC5)C4)n3)cnc2cn1. The van der Waals surface area contributed by atoms with Crippen molar-refractivity contribution >= 4 is 23.4 Å². The van der Waals surface area contributed by atoms with Crippen LogP contribution in [0.1, 0.15) is 50.6 Å². The van der Waals surface area contributed by atoms with Gasteiger partial charge in [0, 0.05) is 36.8 Å². The van der Waals surface area contributed by atoms with Crippen molar-refractivity contribution in [1.82, 2.24) is 29.1 Å². The smallest absolute Gasteiger partial charge is 0.281 e. The van der Waals surface area contributed by atoms with E-state index in [4.69, 9.17) is 4.98 Å². The number of nitrogens with zero attached hydrogens (tertiary/aromatic N) is 6. The molecule has 7 nitrogen and oxygen atoms in total. The first-order valence-electron chi connectivity index (χ1n) is 10.8. The molecule has 0 radical (unpaired) electrons. The highest BCUT2D eigenvalue weighted by Gasteiger charge is 2.24. The van der Waals surface area contributed by atoms with Crippen LogP contribution in [0, 0.1) is 0 Å². The lowest BCUT2D eigenvalue weighted by molar-refractivity contribution is 0.145. The quantitative estimate of drug-likeness (QED) is 0.568. The largest absolute Gasteiger partial charge is 0.355 e. The number of halogens is 2. The number of fused-ring (bicyclic) bond motifs is 1. The Kier molecular flexibility index (Phi) is 5.99. The van der Waals surface area contributed by atoms with Gasteiger partial charge in [0.15, 0.2) is 11.5 Å². The van der Waals surface area contributed by atoms with E-state index >= 15 is 0 Å². The summed E-state index contributed by atoms with van der Waals surface area (Å²) in [5.74, 6) is 1.32. The van der Waals surface area contributed by atoms with Gasteiger partial charge >= 0.3 is 0 Å². The summed E-state index contributed by atoms with van der Waals surface area (Å²) < 4.78 is 31.4. The van der Waals surface area contributed by atoms with Gasteiger partial charge in [0.2, 0.25) is 0 Å². The van der Waals surface area contributed by atoms with Crippen LogP contribution in [0.3, 0.4) is 0 Å². The van der Waals surface area contributed by atoms with Gasteiger partial charge < -0.3 is 4.90 Å². The van der Waals surface area contributed by atoms with Crippen LogP contribution >= 0.6 is 11.9 Å². The van der Waals surface area contributed by atoms with Gasteiger partial charge in [-0.1, -0.05) is 24.8 Å². The average Bonchev–Trinajstić information content (AvgIpc) is 3.47. The van der Waals surface area contributed by atoms with Crippen molar-refractivity contribution in [2.24, 2.45) is 0 Å². The summed E-state index contributed by atoms with van der Waals surface area (Å²) in [5.41, 5.74) is 0.765. The maximum absolute atomic E-state index is 13.1. The van der Waals surface area contributed by atoms with Gasteiger partial charge in [-0.2, -0.15) is 0 Å². The van der Waals surface area contributed by atoms with E-state index in [-0.39, 0.29) is 5.69 Å². The summed E-state index contributed by atoms with van der Waals surface area (Å²) in [6.07, 6.45) is 10.9. The Labute approximate surface area is 183 Å². The van der Waals surface area contributed by atoms with Crippen LogP contribution in [0.5, 0.6) is 0 Å². The molecule has 1 atom stereocenters. The molecule has 0 aromatic carbocycles. The molecule has 2 aliphatic rings. The fraction of sp³-hybridized carbons (Fsp3) is 0.524. The summed E-state index contributed by atoms with van der Waals surface area (Å²) >= 11 is 1.87. The van der Waals surface area contributed by atoms with Crippen molar-refractivity contribution in [3.63, 3.8) is 0 Å². The van der Waals surface area contributed by atoms with Gasteiger partial charge in [-0.05, 0) is 31.7 Å². The van der Waals surface area contributed by atoms with Crippen molar-refractivity contribution in [3.8, 4) is 11.5 Å². The van der Waals surface area contributed by atoms with Gasteiger partial charge in [0.1, 0.15) is 17.2 Å². The van der Waals surface area contributed by atoms with Gasteiger partial charge in [-0.3, -0.25) is 9.12 Å². The lowest BCUT2D eigenvalue weighted by Gasteiger charge is -2.33. The molecular weight excluding hydrogens is 420 g/mol. The maximum atomic E-state index is 13.1. The summed E-state index contributed by atoms with van der Waals surface area (Å²) in [5, 5.41) is 0.517. The first-order valence-corrected chi connectivity index (χ1v) is 11.7. The molecule has 31 heavy (non-hydrogen) atoms. The number of hydrogen-bond donors (Lipinski definition) is 1. The molecule has 0 spiro atoms. The molecule has 1 aliphatic carbocycles. The van der Waals surface area contributed by atoms with Crippen LogP contribution in [0.4, 0.5) is 14.6 Å². The van der Waals surface area contributed by atoms with Crippen LogP contribution < -0.4 is 9.62 Å². The molecule has 0 bridgehead atoms. The Bertz CT molecular complexity index is 1040. The Morgan fingerprint density at radius 1 is 1.06 bits per heavy atom. The van der Waals surface area contributed by atoms with E-state index in [0.29, 0.717) is 28.5 Å². The number of alkyl halides is 2. The topological polar surface area (TPSA) is 71.2 Å². The van der Waals surface area contributed by atoms with E-state index in [1.165, 1.54) is 44.5 Å².